The number of hydrogen-bond donors (Lipinski definition) is 1. The Hall–Kier alpha value is -1.58. The van der Waals surface area contributed by atoms with Gasteiger partial charge in [-0.15, -0.1) is 0 Å². The molecule has 2 rings (SSSR count). The maximum absolute atomic E-state index is 10.8. The summed E-state index contributed by atoms with van der Waals surface area (Å²) in [6.07, 6.45) is 5.15. The fourth-order valence-corrected chi connectivity index (χ4v) is 2.70. The fraction of sp³-hybridized carbons (Fsp3) is 0.571. The standard InChI is InChI=1S/C14H20N2O2/c1-10-7-8-13(16(17)18)9-14(10)15-11(2)12-5-3-4-6-12/h7-9,11-12,15H,3-6H2,1-2H3. The van der Waals surface area contributed by atoms with Gasteiger partial charge in [0, 0.05) is 23.9 Å². The maximum atomic E-state index is 10.8. The third-order valence-corrected chi connectivity index (χ3v) is 3.92. The van der Waals surface area contributed by atoms with Crippen molar-refractivity contribution < 1.29 is 4.92 Å². The second-order valence-electron chi connectivity index (χ2n) is 5.23. The van der Waals surface area contributed by atoms with Gasteiger partial charge < -0.3 is 5.32 Å². The summed E-state index contributed by atoms with van der Waals surface area (Å²) in [7, 11) is 0. The largest absolute Gasteiger partial charge is 0.382 e. The predicted octanol–water partition coefficient (Wildman–Crippen LogP) is 3.89. The van der Waals surface area contributed by atoms with Crippen LogP contribution in [0.2, 0.25) is 0 Å². The Morgan fingerprint density at radius 1 is 1.39 bits per heavy atom. The van der Waals surface area contributed by atoms with E-state index in [-0.39, 0.29) is 10.6 Å². The Balaban J connectivity index is 2.12. The molecule has 0 aromatic heterocycles. The molecule has 0 aliphatic heterocycles. The van der Waals surface area contributed by atoms with Crippen molar-refractivity contribution in [1.29, 1.82) is 0 Å². The minimum atomic E-state index is -0.342. The highest BCUT2D eigenvalue weighted by Gasteiger charge is 2.22. The quantitative estimate of drug-likeness (QED) is 0.649. The van der Waals surface area contributed by atoms with E-state index in [9.17, 15) is 10.1 Å². The summed E-state index contributed by atoms with van der Waals surface area (Å²) in [5, 5.41) is 14.2. The number of nitrogens with zero attached hydrogens (tertiary/aromatic N) is 1. The Kier molecular flexibility index (Phi) is 3.84. The number of rotatable bonds is 4. The summed E-state index contributed by atoms with van der Waals surface area (Å²) in [6.45, 7) is 4.15. The third-order valence-electron chi connectivity index (χ3n) is 3.92. The van der Waals surface area contributed by atoms with Gasteiger partial charge in [-0.25, -0.2) is 0 Å². The molecular weight excluding hydrogens is 228 g/mol. The SMILES string of the molecule is Cc1ccc([N+](=O)[O-])cc1NC(C)C1CCCC1. The van der Waals surface area contributed by atoms with Crippen molar-refractivity contribution in [1.82, 2.24) is 0 Å². The van der Waals surface area contributed by atoms with Crippen LogP contribution in [0.4, 0.5) is 11.4 Å². The second-order valence-corrected chi connectivity index (χ2v) is 5.23. The first-order valence-corrected chi connectivity index (χ1v) is 6.59. The molecule has 1 aromatic carbocycles. The van der Waals surface area contributed by atoms with Gasteiger partial charge in [0.05, 0.1) is 4.92 Å². The molecule has 1 aliphatic carbocycles. The number of nitro benzene ring substituents is 1. The van der Waals surface area contributed by atoms with Gasteiger partial charge in [0.15, 0.2) is 0 Å². The first kappa shape index (κ1) is 12.9. The highest BCUT2D eigenvalue weighted by Crippen LogP contribution is 2.30. The van der Waals surface area contributed by atoms with Crippen molar-refractivity contribution >= 4 is 11.4 Å². The average molecular weight is 248 g/mol. The minimum absolute atomic E-state index is 0.154. The fourth-order valence-electron chi connectivity index (χ4n) is 2.70. The molecule has 0 heterocycles. The van der Waals surface area contributed by atoms with Crippen molar-refractivity contribution in [2.24, 2.45) is 5.92 Å². The first-order valence-electron chi connectivity index (χ1n) is 6.59. The van der Waals surface area contributed by atoms with Gasteiger partial charge in [-0.05, 0) is 38.2 Å². The van der Waals surface area contributed by atoms with Crippen molar-refractivity contribution in [2.45, 2.75) is 45.6 Å². The molecule has 1 fully saturated rings. The van der Waals surface area contributed by atoms with Gasteiger partial charge in [-0.1, -0.05) is 18.9 Å². The molecule has 1 aromatic rings. The van der Waals surface area contributed by atoms with Gasteiger partial charge in [0.1, 0.15) is 0 Å². The molecule has 4 nitrogen and oxygen atoms in total. The lowest BCUT2D eigenvalue weighted by Crippen LogP contribution is -2.24. The number of non-ortho nitro benzene ring substituents is 1. The number of nitro groups is 1. The van der Waals surface area contributed by atoms with Crippen molar-refractivity contribution in [3.05, 3.63) is 33.9 Å². The molecule has 0 amide bonds. The van der Waals surface area contributed by atoms with Gasteiger partial charge in [0.25, 0.3) is 5.69 Å². The van der Waals surface area contributed by atoms with Crippen LogP contribution in [0, 0.1) is 23.0 Å². The third kappa shape index (κ3) is 2.81. The molecule has 98 valence electrons. The molecule has 1 saturated carbocycles. The monoisotopic (exact) mass is 248 g/mol. The Bertz CT molecular complexity index is 439. The summed E-state index contributed by atoms with van der Waals surface area (Å²) >= 11 is 0. The van der Waals surface area contributed by atoms with Crippen LogP contribution in [0.25, 0.3) is 0 Å². The van der Waals surface area contributed by atoms with E-state index in [0.717, 1.165) is 11.3 Å². The summed E-state index contributed by atoms with van der Waals surface area (Å²) in [5.74, 6) is 0.698. The van der Waals surface area contributed by atoms with Crippen LogP contribution in [-0.4, -0.2) is 11.0 Å². The molecular formula is C14H20N2O2. The van der Waals surface area contributed by atoms with Crippen LogP contribution in [-0.2, 0) is 0 Å². The van der Waals surface area contributed by atoms with Gasteiger partial charge in [0.2, 0.25) is 0 Å². The summed E-state index contributed by atoms with van der Waals surface area (Å²) in [5.41, 5.74) is 2.11. The van der Waals surface area contributed by atoms with Crippen LogP contribution in [0.15, 0.2) is 18.2 Å². The molecule has 4 heteroatoms. The van der Waals surface area contributed by atoms with E-state index in [2.05, 4.69) is 12.2 Å². The van der Waals surface area contributed by atoms with E-state index in [1.807, 2.05) is 13.0 Å². The normalized spacial score (nSPS) is 17.7. The Morgan fingerprint density at radius 3 is 2.67 bits per heavy atom. The Morgan fingerprint density at radius 2 is 2.06 bits per heavy atom. The summed E-state index contributed by atoms with van der Waals surface area (Å²) in [4.78, 5) is 10.4. The zero-order chi connectivity index (χ0) is 13.1. The van der Waals surface area contributed by atoms with Crippen LogP contribution < -0.4 is 5.32 Å². The number of hydrogen-bond acceptors (Lipinski definition) is 3. The lowest BCUT2D eigenvalue weighted by Gasteiger charge is -2.22. The number of aryl methyl sites for hydroxylation is 1. The highest BCUT2D eigenvalue weighted by molar-refractivity contribution is 5.57. The number of benzene rings is 1. The molecule has 0 spiro atoms. The van der Waals surface area contributed by atoms with Crippen LogP contribution in [0.3, 0.4) is 0 Å². The maximum Gasteiger partial charge on any atom is 0.271 e. The molecule has 18 heavy (non-hydrogen) atoms. The molecule has 1 unspecified atom stereocenters. The lowest BCUT2D eigenvalue weighted by atomic mass is 9.99. The predicted molar refractivity (Wildman–Crippen MR) is 72.9 cm³/mol. The van der Waals surface area contributed by atoms with E-state index >= 15 is 0 Å². The molecule has 1 atom stereocenters. The second kappa shape index (κ2) is 5.38. The molecule has 1 aliphatic rings. The Labute approximate surface area is 108 Å². The van der Waals surface area contributed by atoms with E-state index in [1.54, 1.807) is 12.1 Å². The molecule has 1 N–H and O–H groups in total. The zero-order valence-corrected chi connectivity index (χ0v) is 11.0. The van der Waals surface area contributed by atoms with Gasteiger partial charge in [-0.2, -0.15) is 0 Å². The van der Waals surface area contributed by atoms with Crippen LogP contribution >= 0.6 is 0 Å². The van der Waals surface area contributed by atoms with Crippen LogP contribution in [0.5, 0.6) is 0 Å². The zero-order valence-electron chi connectivity index (χ0n) is 11.0. The van der Waals surface area contributed by atoms with E-state index in [1.165, 1.54) is 25.7 Å². The topological polar surface area (TPSA) is 55.2 Å². The van der Waals surface area contributed by atoms with Crippen molar-refractivity contribution in [2.75, 3.05) is 5.32 Å². The lowest BCUT2D eigenvalue weighted by molar-refractivity contribution is -0.384. The van der Waals surface area contributed by atoms with E-state index in [0.29, 0.717) is 12.0 Å². The molecule has 0 radical (unpaired) electrons. The van der Waals surface area contributed by atoms with Crippen LogP contribution in [0.1, 0.15) is 38.2 Å². The summed E-state index contributed by atoms with van der Waals surface area (Å²) < 4.78 is 0. The van der Waals surface area contributed by atoms with Gasteiger partial charge in [-0.3, -0.25) is 10.1 Å². The first-order chi connectivity index (χ1) is 8.58. The molecule has 0 saturated heterocycles. The molecule has 0 bridgehead atoms. The number of anilines is 1. The number of nitrogens with one attached hydrogen (secondary N) is 1. The van der Waals surface area contributed by atoms with Gasteiger partial charge >= 0.3 is 0 Å². The smallest absolute Gasteiger partial charge is 0.271 e. The highest BCUT2D eigenvalue weighted by atomic mass is 16.6. The van der Waals surface area contributed by atoms with E-state index < -0.39 is 0 Å². The minimum Gasteiger partial charge on any atom is -0.382 e. The van der Waals surface area contributed by atoms with Crippen molar-refractivity contribution in [3.8, 4) is 0 Å². The average Bonchev–Trinajstić information content (AvgIpc) is 2.85. The summed E-state index contributed by atoms with van der Waals surface area (Å²) in [6, 6.07) is 5.39. The van der Waals surface area contributed by atoms with Crippen molar-refractivity contribution in [3.63, 3.8) is 0 Å². The van der Waals surface area contributed by atoms with E-state index in [4.69, 9.17) is 0 Å².